The van der Waals surface area contributed by atoms with Crippen LogP contribution in [0.15, 0.2) is 15.9 Å². The lowest BCUT2D eigenvalue weighted by Crippen LogP contribution is -2.12. The Balaban J connectivity index is 0.000000269. The molecule has 18 heavy (non-hydrogen) atoms. The molecule has 0 spiro atoms. The molecule has 2 aliphatic rings. The topological polar surface area (TPSA) is 15.6 Å². The second kappa shape index (κ2) is 12.1. The van der Waals surface area contributed by atoms with Gasteiger partial charge in [0.25, 0.3) is 0 Å². The summed E-state index contributed by atoms with van der Waals surface area (Å²) in [6.45, 7) is 4.69. The van der Waals surface area contributed by atoms with Crippen molar-refractivity contribution in [2.75, 3.05) is 18.8 Å². The lowest BCUT2D eigenvalue weighted by atomic mass is 10.1. The molecule has 0 radical (unpaired) electrons. The molecule has 0 saturated carbocycles. The first-order valence-electron chi connectivity index (χ1n) is 7.14. The highest BCUT2D eigenvalue weighted by Crippen LogP contribution is 2.18. The van der Waals surface area contributed by atoms with Crippen molar-refractivity contribution in [1.82, 2.24) is 4.31 Å². The fourth-order valence-electron chi connectivity index (χ4n) is 1.81. The number of rotatable bonds is 7. The molecule has 0 aromatic heterocycles. The van der Waals surface area contributed by atoms with E-state index in [0.29, 0.717) is 0 Å². The van der Waals surface area contributed by atoms with Crippen LogP contribution in [-0.2, 0) is 0 Å². The van der Waals surface area contributed by atoms with Crippen molar-refractivity contribution >= 4 is 30.1 Å². The Morgan fingerprint density at radius 3 is 2.56 bits per heavy atom. The van der Waals surface area contributed by atoms with E-state index < -0.39 is 0 Å². The Labute approximate surface area is 121 Å². The SMILES string of the molecule is C1=NSCC1.CCCCCCCCN1CC=CS1. The Bertz CT molecular complexity index is 228. The molecule has 0 atom stereocenters. The quantitative estimate of drug-likeness (QED) is 0.487. The minimum Gasteiger partial charge on any atom is -0.243 e. The molecule has 0 amide bonds. The minimum atomic E-state index is 1.15. The van der Waals surface area contributed by atoms with Crippen LogP contribution in [0.2, 0.25) is 0 Å². The van der Waals surface area contributed by atoms with Gasteiger partial charge in [0.15, 0.2) is 0 Å². The Morgan fingerprint density at radius 1 is 1.17 bits per heavy atom. The van der Waals surface area contributed by atoms with Gasteiger partial charge in [-0.25, -0.2) is 8.70 Å². The molecule has 0 unspecified atom stereocenters. The van der Waals surface area contributed by atoms with Gasteiger partial charge in [0.05, 0.1) is 0 Å². The molecule has 4 heteroatoms. The second-order valence-electron chi connectivity index (χ2n) is 4.54. The van der Waals surface area contributed by atoms with E-state index in [4.69, 9.17) is 0 Å². The molecule has 2 aliphatic heterocycles. The summed E-state index contributed by atoms with van der Waals surface area (Å²) in [5, 5.41) is 2.19. The fourth-order valence-corrected chi connectivity index (χ4v) is 3.09. The highest BCUT2D eigenvalue weighted by atomic mass is 32.2. The zero-order valence-corrected chi connectivity index (χ0v) is 13.1. The van der Waals surface area contributed by atoms with Crippen LogP contribution in [0.1, 0.15) is 51.9 Å². The van der Waals surface area contributed by atoms with E-state index in [-0.39, 0.29) is 0 Å². The molecule has 2 heterocycles. The molecule has 0 aliphatic carbocycles. The van der Waals surface area contributed by atoms with Gasteiger partial charge in [0.2, 0.25) is 0 Å². The summed E-state index contributed by atoms with van der Waals surface area (Å²) in [6.07, 6.45) is 13.8. The van der Waals surface area contributed by atoms with Crippen LogP contribution in [0.3, 0.4) is 0 Å². The second-order valence-corrected chi connectivity index (χ2v) is 6.42. The van der Waals surface area contributed by atoms with Crippen molar-refractivity contribution in [2.45, 2.75) is 51.9 Å². The van der Waals surface area contributed by atoms with Gasteiger partial charge in [-0.15, -0.1) is 0 Å². The monoisotopic (exact) mass is 286 g/mol. The number of nitrogens with zero attached hydrogens (tertiary/aromatic N) is 2. The molecule has 0 saturated heterocycles. The molecule has 0 bridgehead atoms. The molecule has 104 valence electrons. The Morgan fingerprint density at radius 2 is 2.00 bits per heavy atom. The van der Waals surface area contributed by atoms with Gasteiger partial charge in [-0.2, -0.15) is 0 Å². The van der Waals surface area contributed by atoms with E-state index in [9.17, 15) is 0 Å². The van der Waals surface area contributed by atoms with Gasteiger partial charge in [-0.3, -0.25) is 0 Å². The third-order valence-electron chi connectivity index (χ3n) is 2.86. The van der Waals surface area contributed by atoms with Crippen LogP contribution in [0.4, 0.5) is 0 Å². The van der Waals surface area contributed by atoms with Crippen LogP contribution in [-0.4, -0.2) is 29.4 Å². The van der Waals surface area contributed by atoms with Gasteiger partial charge in [-0.05, 0) is 30.2 Å². The average molecular weight is 287 g/mol. The standard InChI is InChI=1S/C11H21NS.C3H5NS/c1-2-3-4-5-6-7-9-12-10-8-11-13-12;1-2-4-5-3-1/h8,11H,2-7,9-10H2,1H3;2H,1,3H2. The van der Waals surface area contributed by atoms with E-state index in [1.54, 1.807) is 11.9 Å². The van der Waals surface area contributed by atoms with Crippen molar-refractivity contribution in [2.24, 2.45) is 4.40 Å². The third kappa shape index (κ3) is 9.06. The van der Waals surface area contributed by atoms with Crippen molar-refractivity contribution in [3.05, 3.63) is 11.5 Å². The molecule has 0 fully saturated rings. The lowest BCUT2D eigenvalue weighted by molar-refractivity contribution is 0.485. The number of hydrogen-bond acceptors (Lipinski definition) is 4. The zero-order valence-electron chi connectivity index (χ0n) is 11.5. The predicted molar refractivity (Wildman–Crippen MR) is 87.2 cm³/mol. The van der Waals surface area contributed by atoms with E-state index in [1.807, 2.05) is 18.2 Å². The average Bonchev–Trinajstić information content (AvgIpc) is 3.07. The summed E-state index contributed by atoms with van der Waals surface area (Å²) in [4.78, 5) is 0. The van der Waals surface area contributed by atoms with Crippen LogP contribution in [0.25, 0.3) is 0 Å². The van der Waals surface area contributed by atoms with Gasteiger partial charge >= 0.3 is 0 Å². The van der Waals surface area contributed by atoms with E-state index in [0.717, 1.165) is 6.54 Å². The maximum atomic E-state index is 3.88. The van der Waals surface area contributed by atoms with Crippen LogP contribution in [0, 0.1) is 0 Å². The minimum absolute atomic E-state index is 1.15. The summed E-state index contributed by atoms with van der Waals surface area (Å²) in [6, 6.07) is 0. The van der Waals surface area contributed by atoms with E-state index in [1.165, 1.54) is 57.2 Å². The molecule has 2 nitrogen and oxygen atoms in total. The highest BCUT2D eigenvalue weighted by molar-refractivity contribution is 8.00. The van der Waals surface area contributed by atoms with Crippen molar-refractivity contribution in [3.63, 3.8) is 0 Å². The first-order valence-corrected chi connectivity index (χ1v) is 8.92. The van der Waals surface area contributed by atoms with Gasteiger partial charge in [0.1, 0.15) is 0 Å². The smallest absolute Gasteiger partial charge is 0.0282 e. The predicted octanol–water partition coefficient (Wildman–Crippen LogP) is 4.93. The first-order chi connectivity index (χ1) is 8.93. The molecule has 2 rings (SSSR count). The van der Waals surface area contributed by atoms with E-state index >= 15 is 0 Å². The summed E-state index contributed by atoms with van der Waals surface area (Å²) >= 11 is 3.51. The maximum Gasteiger partial charge on any atom is 0.0282 e. The van der Waals surface area contributed by atoms with Crippen molar-refractivity contribution in [1.29, 1.82) is 0 Å². The summed E-state index contributed by atoms with van der Waals surface area (Å²) in [5.74, 6) is 1.19. The highest BCUT2D eigenvalue weighted by Gasteiger charge is 2.05. The van der Waals surface area contributed by atoms with E-state index in [2.05, 4.69) is 27.1 Å². The van der Waals surface area contributed by atoms with Crippen molar-refractivity contribution < 1.29 is 0 Å². The van der Waals surface area contributed by atoms with Crippen LogP contribution >= 0.6 is 23.9 Å². The molecule has 0 aromatic rings. The zero-order chi connectivity index (χ0) is 12.9. The summed E-state index contributed by atoms with van der Waals surface area (Å²) < 4.78 is 6.31. The normalized spacial score (nSPS) is 18.1. The van der Waals surface area contributed by atoms with Crippen LogP contribution in [0.5, 0.6) is 0 Å². The number of hydrogen-bond donors (Lipinski definition) is 0. The Kier molecular flexibility index (Phi) is 10.9. The van der Waals surface area contributed by atoms with Gasteiger partial charge < -0.3 is 0 Å². The maximum absolute atomic E-state index is 3.88. The number of unbranched alkanes of at least 4 members (excludes halogenated alkanes) is 5. The third-order valence-corrected chi connectivity index (χ3v) is 4.52. The largest absolute Gasteiger partial charge is 0.243 e. The van der Waals surface area contributed by atoms with Gasteiger partial charge in [0, 0.05) is 25.1 Å². The molecule has 0 aromatic carbocycles. The molecular weight excluding hydrogens is 260 g/mol. The van der Waals surface area contributed by atoms with Crippen molar-refractivity contribution in [3.8, 4) is 0 Å². The fraction of sp³-hybridized carbons (Fsp3) is 0.786. The summed E-state index contributed by atoms with van der Waals surface area (Å²) in [5.41, 5.74) is 0. The van der Waals surface area contributed by atoms with Crippen LogP contribution < -0.4 is 0 Å². The molecule has 0 N–H and O–H groups in total. The van der Waals surface area contributed by atoms with Gasteiger partial charge in [-0.1, -0.05) is 57.1 Å². The lowest BCUT2D eigenvalue weighted by Gasteiger charge is -2.12. The summed E-state index contributed by atoms with van der Waals surface area (Å²) in [7, 11) is 0. The Hall–Kier alpha value is 0.0700. The first kappa shape index (κ1) is 16.1. The molecular formula is C14H26N2S2.